The lowest BCUT2D eigenvalue weighted by Crippen LogP contribution is -2.37. The van der Waals surface area contributed by atoms with Gasteiger partial charge in [0.25, 0.3) is 5.56 Å². The van der Waals surface area contributed by atoms with E-state index in [0.29, 0.717) is 0 Å². The highest BCUT2D eigenvalue weighted by molar-refractivity contribution is 7.90. The van der Waals surface area contributed by atoms with Gasteiger partial charge in [0.1, 0.15) is 6.23 Å². The van der Waals surface area contributed by atoms with Crippen LogP contribution in [0.4, 0.5) is 0 Å². The van der Waals surface area contributed by atoms with Gasteiger partial charge in [-0.15, -0.1) is 0 Å². The van der Waals surface area contributed by atoms with Gasteiger partial charge in [-0.05, 0) is 31.2 Å². The Morgan fingerprint density at radius 3 is 2.37 bits per heavy atom. The van der Waals surface area contributed by atoms with Gasteiger partial charge in [0.05, 0.1) is 22.0 Å². The standard InChI is InChI=1S/C17H21N3O8S2/c1-10-9-20(17(23)19-16(10)22)15-7-13(21)14(28-15)8-18-30(26,27)12-5-3-11(4-6-12)29(2,24)25/h3-6,9,13-15,18,21H,7-8H2,1-2H3,(H,19,22,23)/t13-,14+,15+/m0/s1. The number of benzene rings is 1. The van der Waals surface area contributed by atoms with Gasteiger partial charge in [-0.25, -0.2) is 26.4 Å². The van der Waals surface area contributed by atoms with Crippen molar-refractivity contribution in [3.8, 4) is 0 Å². The number of rotatable bonds is 6. The third-order valence-corrected chi connectivity index (χ3v) is 7.26. The van der Waals surface area contributed by atoms with Crippen molar-refractivity contribution in [1.29, 1.82) is 0 Å². The lowest BCUT2D eigenvalue weighted by Gasteiger charge is -2.17. The number of sulfonamides is 1. The zero-order valence-corrected chi connectivity index (χ0v) is 17.7. The largest absolute Gasteiger partial charge is 0.390 e. The number of hydrogen-bond donors (Lipinski definition) is 3. The smallest absolute Gasteiger partial charge is 0.330 e. The van der Waals surface area contributed by atoms with Crippen LogP contribution in [0.1, 0.15) is 18.2 Å². The third-order valence-electron chi connectivity index (χ3n) is 4.70. The van der Waals surface area contributed by atoms with Crippen LogP contribution in [0.3, 0.4) is 0 Å². The molecule has 164 valence electrons. The second kappa shape index (κ2) is 8.07. The molecular formula is C17H21N3O8S2. The second-order valence-electron chi connectivity index (χ2n) is 7.01. The minimum Gasteiger partial charge on any atom is -0.390 e. The van der Waals surface area contributed by atoms with Gasteiger partial charge in [-0.3, -0.25) is 14.3 Å². The Bertz CT molecular complexity index is 1260. The molecule has 0 spiro atoms. The molecule has 30 heavy (non-hydrogen) atoms. The molecule has 0 radical (unpaired) electrons. The van der Waals surface area contributed by atoms with E-state index >= 15 is 0 Å². The maximum atomic E-state index is 12.5. The predicted molar refractivity (Wildman–Crippen MR) is 105 cm³/mol. The van der Waals surface area contributed by atoms with E-state index in [1.54, 1.807) is 0 Å². The number of ether oxygens (including phenoxy) is 1. The molecular weight excluding hydrogens is 438 g/mol. The highest BCUT2D eigenvalue weighted by atomic mass is 32.2. The highest BCUT2D eigenvalue weighted by Gasteiger charge is 2.36. The van der Waals surface area contributed by atoms with Crippen molar-refractivity contribution < 1.29 is 26.7 Å². The van der Waals surface area contributed by atoms with Crippen LogP contribution in [-0.2, 0) is 24.6 Å². The molecule has 1 aliphatic rings. The zero-order chi connectivity index (χ0) is 22.3. The number of H-pyrrole nitrogens is 1. The van der Waals surface area contributed by atoms with Gasteiger partial charge in [-0.2, -0.15) is 0 Å². The molecule has 1 aromatic carbocycles. The van der Waals surface area contributed by atoms with Crippen molar-refractivity contribution in [2.24, 2.45) is 0 Å². The van der Waals surface area contributed by atoms with Crippen LogP contribution < -0.4 is 16.0 Å². The molecule has 3 N–H and O–H groups in total. The first-order valence-electron chi connectivity index (χ1n) is 8.84. The monoisotopic (exact) mass is 459 g/mol. The van der Waals surface area contributed by atoms with Crippen LogP contribution >= 0.6 is 0 Å². The van der Waals surface area contributed by atoms with Crippen molar-refractivity contribution in [2.45, 2.75) is 41.6 Å². The average Bonchev–Trinajstić information content (AvgIpc) is 3.03. The molecule has 3 atom stereocenters. The summed E-state index contributed by atoms with van der Waals surface area (Å²) in [6, 6.07) is 4.70. The molecule has 13 heteroatoms. The molecule has 1 aromatic heterocycles. The first-order valence-corrected chi connectivity index (χ1v) is 12.2. The molecule has 1 aliphatic heterocycles. The fourth-order valence-corrected chi connectivity index (χ4v) is 4.69. The maximum absolute atomic E-state index is 12.5. The Morgan fingerprint density at radius 1 is 1.17 bits per heavy atom. The van der Waals surface area contributed by atoms with Crippen molar-refractivity contribution >= 4 is 19.9 Å². The molecule has 2 heterocycles. The van der Waals surface area contributed by atoms with Gasteiger partial charge >= 0.3 is 5.69 Å². The summed E-state index contributed by atoms with van der Waals surface area (Å²) in [6.07, 6.45) is -0.496. The summed E-state index contributed by atoms with van der Waals surface area (Å²) in [5.74, 6) is 0. The van der Waals surface area contributed by atoms with Crippen LogP contribution in [0.5, 0.6) is 0 Å². The van der Waals surface area contributed by atoms with E-state index in [1.807, 2.05) is 0 Å². The van der Waals surface area contributed by atoms with E-state index < -0.39 is 49.5 Å². The topological polar surface area (TPSA) is 165 Å². The van der Waals surface area contributed by atoms with E-state index in [-0.39, 0.29) is 28.3 Å². The second-order valence-corrected chi connectivity index (χ2v) is 10.8. The summed E-state index contributed by atoms with van der Waals surface area (Å²) >= 11 is 0. The number of aromatic nitrogens is 2. The molecule has 11 nitrogen and oxygen atoms in total. The molecule has 3 rings (SSSR count). The molecule has 0 aliphatic carbocycles. The Morgan fingerprint density at radius 2 is 1.77 bits per heavy atom. The quantitative estimate of drug-likeness (QED) is 0.488. The first kappa shape index (κ1) is 22.4. The summed E-state index contributed by atoms with van der Waals surface area (Å²) in [7, 11) is -7.45. The average molecular weight is 460 g/mol. The molecule has 1 saturated heterocycles. The maximum Gasteiger partial charge on any atom is 0.330 e. The van der Waals surface area contributed by atoms with Gasteiger partial charge in [0.15, 0.2) is 9.84 Å². The minimum absolute atomic E-state index is 0.0134. The molecule has 0 saturated carbocycles. The van der Waals surface area contributed by atoms with E-state index in [1.165, 1.54) is 25.3 Å². The Hall–Kier alpha value is -2.32. The van der Waals surface area contributed by atoms with Crippen LogP contribution in [0.15, 0.2) is 49.8 Å². The van der Waals surface area contributed by atoms with Crippen LogP contribution in [0, 0.1) is 6.92 Å². The predicted octanol–water partition coefficient (Wildman–Crippen LogP) is -1.12. The molecule has 0 bridgehead atoms. The highest BCUT2D eigenvalue weighted by Crippen LogP contribution is 2.27. The van der Waals surface area contributed by atoms with Crippen LogP contribution in [-0.4, -0.2) is 56.5 Å². The van der Waals surface area contributed by atoms with Crippen LogP contribution in [0.25, 0.3) is 0 Å². The first-order chi connectivity index (χ1) is 13.9. The lowest BCUT2D eigenvalue weighted by molar-refractivity contribution is -0.0169. The fraction of sp³-hybridized carbons (Fsp3) is 0.412. The van der Waals surface area contributed by atoms with Crippen molar-refractivity contribution in [2.75, 3.05) is 12.8 Å². The van der Waals surface area contributed by atoms with E-state index in [4.69, 9.17) is 4.74 Å². The number of aromatic amines is 1. The van der Waals surface area contributed by atoms with Gasteiger partial charge in [0, 0.05) is 31.0 Å². The molecule has 1 fully saturated rings. The third kappa shape index (κ3) is 4.70. The summed E-state index contributed by atoms with van der Waals surface area (Å²) in [5.41, 5.74) is -0.939. The number of hydrogen-bond acceptors (Lipinski definition) is 8. The Kier molecular flexibility index (Phi) is 6.02. The summed E-state index contributed by atoms with van der Waals surface area (Å²) < 4.78 is 56.9. The van der Waals surface area contributed by atoms with Gasteiger partial charge in [0.2, 0.25) is 10.0 Å². The molecule has 0 amide bonds. The summed E-state index contributed by atoms with van der Waals surface area (Å²) in [5, 5.41) is 10.2. The molecule has 0 unspecified atom stereocenters. The SMILES string of the molecule is Cc1cn([C@H]2C[C@H](O)[C@@H](CNS(=O)(=O)c3ccc(S(C)(=O)=O)cc3)O2)c(=O)[nH]c1=O. The number of sulfone groups is 1. The number of aryl methyl sites for hydroxylation is 1. The van der Waals surface area contributed by atoms with Crippen molar-refractivity contribution in [1.82, 2.24) is 14.3 Å². The van der Waals surface area contributed by atoms with Crippen molar-refractivity contribution in [3.05, 3.63) is 56.9 Å². The van der Waals surface area contributed by atoms with Crippen LogP contribution in [0.2, 0.25) is 0 Å². The Labute approximate surface area is 172 Å². The van der Waals surface area contributed by atoms with Gasteiger partial charge < -0.3 is 9.84 Å². The number of aliphatic hydroxyl groups excluding tert-OH is 1. The number of aliphatic hydroxyl groups is 1. The molecule has 2 aromatic rings. The normalized spacial score (nSPS) is 22.3. The number of nitrogens with one attached hydrogen (secondary N) is 2. The number of nitrogens with zero attached hydrogens (tertiary/aromatic N) is 1. The summed E-state index contributed by atoms with van der Waals surface area (Å²) in [6.45, 7) is 1.24. The van der Waals surface area contributed by atoms with Crippen molar-refractivity contribution in [3.63, 3.8) is 0 Å². The Balaban J connectivity index is 1.71. The van der Waals surface area contributed by atoms with Gasteiger partial charge in [-0.1, -0.05) is 0 Å². The summed E-state index contributed by atoms with van der Waals surface area (Å²) in [4.78, 5) is 25.5. The zero-order valence-electron chi connectivity index (χ0n) is 16.1. The minimum atomic E-state index is -3.99. The van der Waals surface area contributed by atoms with E-state index in [2.05, 4.69) is 9.71 Å². The van der Waals surface area contributed by atoms with E-state index in [9.17, 15) is 31.5 Å². The fourth-order valence-electron chi connectivity index (χ4n) is 3.01. The lowest BCUT2D eigenvalue weighted by atomic mass is 10.2. The van der Waals surface area contributed by atoms with E-state index in [0.717, 1.165) is 23.0 Å².